The summed E-state index contributed by atoms with van der Waals surface area (Å²) in [6.07, 6.45) is 0. The summed E-state index contributed by atoms with van der Waals surface area (Å²) in [5.74, 6) is 0.532. The number of nitrogens with one attached hydrogen (secondary N) is 1. The van der Waals surface area contributed by atoms with Gasteiger partial charge < -0.3 is 15.1 Å². The smallest absolute Gasteiger partial charge is 0.215 e. The fourth-order valence-corrected chi connectivity index (χ4v) is 2.44. The van der Waals surface area contributed by atoms with E-state index in [1.165, 1.54) is 6.07 Å². The largest absolute Gasteiger partial charge is 0.494 e. The Balaban J connectivity index is 2.07. The van der Waals surface area contributed by atoms with Crippen LogP contribution in [0.1, 0.15) is 12.5 Å². The van der Waals surface area contributed by atoms with Crippen LogP contribution in [0, 0.1) is 0 Å². The number of hydrogen-bond donors (Lipinski definition) is 3. The second-order valence-electron chi connectivity index (χ2n) is 4.38. The van der Waals surface area contributed by atoms with E-state index in [1.54, 1.807) is 6.07 Å². The minimum atomic E-state index is -0.0859. The first-order valence-corrected chi connectivity index (χ1v) is 6.15. The number of aromatic amines is 1. The van der Waals surface area contributed by atoms with Gasteiger partial charge in [0.25, 0.3) is 0 Å². The van der Waals surface area contributed by atoms with Crippen molar-refractivity contribution in [3.05, 3.63) is 34.9 Å². The van der Waals surface area contributed by atoms with Gasteiger partial charge in [-0.05, 0) is 18.6 Å². The Labute approximate surface area is 114 Å². The molecule has 0 spiro atoms. The van der Waals surface area contributed by atoms with Gasteiger partial charge in [-0.15, -0.1) is 0 Å². The van der Waals surface area contributed by atoms with Crippen LogP contribution in [0.15, 0.2) is 29.3 Å². The van der Waals surface area contributed by atoms with E-state index in [-0.39, 0.29) is 11.8 Å². The molecule has 5 nitrogen and oxygen atoms in total. The number of H-pyrrole nitrogens is 1. The number of fused-ring (bicyclic) bond motifs is 1. The molecule has 19 heavy (non-hydrogen) atoms. The highest BCUT2D eigenvalue weighted by Crippen LogP contribution is 2.38. The Morgan fingerprint density at radius 1 is 1.37 bits per heavy atom. The van der Waals surface area contributed by atoms with Gasteiger partial charge in [0, 0.05) is 6.07 Å². The zero-order valence-electron chi connectivity index (χ0n) is 10.2. The Hall–Kier alpha value is -2.14. The summed E-state index contributed by atoms with van der Waals surface area (Å²) < 4.78 is 0. The first-order valence-electron chi connectivity index (χ1n) is 5.77. The quantitative estimate of drug-likeness (QED) is 0.750. The highest BCUT2D eigenvalue weighted by molar-refractivity contribution is 6.33. The molecule has 1 aromatic carbocycles. The molecule has 1 aliphatic heterocycles. The molecule has 1 aliphatic rings. The minimum absolute atomic E-state index is 0.0856. The topological polar surface area (TPSA) is 71.8 Å². The van der Waals surface area contributed by atoms with Crippen LogP contribution < -0.4 is 4.90 Å². The van der Waals surface area contributed by atoms with Crippen LogP contribution >= 0.6 is 11.6 Å². The highest BCUT2D eigenvalue weighted by atomic mass is 35.5. The number of rotatable bonds is 1. The predicted molar refractivity (Wildman–Crippen MR) is 74.5 cm³/mol. The lowest BCUT2D eigenvalue weighted by molar-refractivity contribution is 0.425. The molecule has 98 valence electrons. The molecule has 0 saturated carbocycles. The van der Waals surface area contributed by atoms with E-state index in [0.29, 0.717) is 23.1 Å². The summed E-state index contributed by atoms with van der Waals surface area (Å²) in [6.45, 7) is 2.37. The van der Waals surface area contributed by atoms with Gasteiger partial charge in [-0.2, -0.15) is 0 Å². The zero-order valence-corrected chi connectivity index (χ0v) is 10.9. The predicted octanol–water partition coefficient (Wildman–Crippen LogP) is 3.15. The van der Waals surface area contributed by atoms with Crippen molar-refractivity contribution in [3.63, 3.8) is 0 Å². The number of aromatic hydroxyl groups is 2. The van der Waals surface area contributed by atoms with Crippen molar-refractivity contribution in [3.8, 4) is 11.8 Å². The van der Waals surface area contributed by atoms with Crippen LogP contribution in [0.2, 0.25) is 5.02 Å². The molecule has 0 aliphatic carbocycles. The monoisotopic (exact) mass is 277 g/mol. The number of nitrogens with zero attached hydrogens (tertiary/aromatic N) is 2. The fraction of sp³-hybridized carbons (Fsp3) is 0.154. The van der Waals surface area contributed by atoms with Crippen LogP contribution in [0.4, 0.5) is 11.4 Å². The number of aliphatic imine (C=N–C) groups is 1. The van der Waals surface area contributed by atoms with Gasteiger partial charge in [-0.3, -0.25) is 4.98 Å². The third-order valence-corrected chi connectivity index (χ3v) is 3.42. The molecule has 0 radical (unpaired) electrons. The number of anilines is 1. The van der Waals surface area contributed by atoms with E-state index >= 15 is 0 Å². The molecule has 3 N–H and O–H groups in total. The maximum absolute atomic E-state index is 9.77. The second-order valence-corrected chi connectivity index (χ2v) is 4.79. The van der Waals surface area contributed by atoms with Crippen LogP contribution in [0.3, 0.4) is 0 Å². The lowest BCUT2D eigenvalue weighted by Crippen LogP contribution is -2.30. The van der Waals surface area contributed by atoms with Crippen LogP contribution in [0.5, 0.6) is 11.8 Å². The van der Waals surface area contributed by atoms with Gasteiger partial charge in [0.2, 0.25) is 5.88 Å². The average molecular weight is 278 g/mol. The SMILES string of the molecule is CC1=Nc2c(Cl)cccc2CN1c1cc(O)[nH]c1O. The van der Waals surface area contributed by atoms with E-state index in [0.717, 1.165) is 11.3 Å². The van der Waals surface area contributed by atoms with Crippen molar-refractivity contribution in [2.45, 2.75) is 13.5 Å². The highest BCUT2D eigenvalue weighted by Gasteiger charge is 2.23. The number of halogens is 1. The Bertz CT molecular complexity index is 679. The van der Waals surface area contributed by atoms with E-state index in [4.69, 9.17) is 11.6 Å². The Morgan fingerprint density at radius 3 is 2.84 bits per heavy atom. The van der Waals surface area contributed by atoms with E-state index in [2.05, 4.69) is 9.98 Å². The molecule has 1 aromatic heterocycles. The molecule has 0 saturated heterocycles. The molecular formula is C13H12ClN3O2. The average Bonchev–Trinajstić information content (AvgIpc) is 2.69. The summed E-state index contributed by atoms with van der Waals surface area (Å²) in [7, 11) is 0. The van der Waals surface area contributed by atoms with Crippen LogP contribution in [0.25, 0.3) is 0 Å². The van der Waals surface area contributed by atoms with Crippen molar-refractivity contribution < 1.29 is 10.2 Å². The number of hydrogen-bond acceptors (Lipinski definition) is 4. The third-order valence-electron chi connectivity index (χ3n) is 3.12. The molecule has 0 bridgehead atoms. The van der Waals surface area contributed by atoms with Gasteiger partial charge in [-0.1, -0.05) is 23.7 Å². The maximum Gasteiger partial charge on any atom is 0.215 e. The second kappa shape index (κ2) is 4.20. The van der Waals surface area contributed by atoms with E-state index in [1.807, 2.05) is 24.0 Å². The molecular weight excluding hydrogens is 266 g/mol. The van der Waals surface area contributed by atoms with Crippen molar-refractivity contribution in [2.75, 3.05) is 4.90 Å². The lowest BCUT2D eigenvalue weighted by Gasteiger charge is -2.28. The van der Waals surface area contributed by atoms with Gasteiger partial charge in [0.05, 0.1) is 17.3 Å². The van der Waals surface area contributed by atoms with Crippen LogP contribution in [-0.4, -0.2) is 21.0 Å². The normalized spacial score (nSPS) is 14.2. The fourth-order valence-electron chi connectivity index (χ4n) is 2.20. The van der Waals surface area contributed by atoms with Crippen LogP contribution in [-0.2, 0) is 6.54 Å². The van der Waals surface area contributed by atoms with Gasteiger partial charge in [0.15, 0.2) is 5.88 Å². The van der Waals surface area contributed by atoms with Crippen molar-refractivity contribution in [2.24, 2.45) is 4.99 Å². The molecule has 0 fully saturated rings. The van der Waals surface area contributed by atoms with Crippen molar-refractivity contribution in [1.29, 1.82) is 0 Å². The number of aromatic nitrogens is 1. The molecule has 2 heterocycles. The standard InChI is InChI=1S/C13H12ClN3O2/c1-7-15-12-8(3-2-4-9(12)14)6-17(7)10-5-11(18)16-13(10)19/h2-5,16,18-19H,6H2,1H3. The third kappa shape index (κ3) is 1.92. The summed E-state index contributed by atoms with van der Waals surface area (Å²) >= 11 is 6.12. The summed E-state index contributed by atoms with van der Waals surface area (Å²) in [6, 6.07) is 7.06. The molecule has 6 heteroatoms. The lowest BCUT2D eigenvalue weighted by atomic mass is 10.1. The van der Waals surface area contributed by atoms with Crippen molar-refractivity contribution in [1.82, 2.24) is 4.98 Å². The summed E-state index contributed by atoms with van der Waals surface area (Å²) in [4.78, 5) is 8.72. The maximum atomic E-state index is 9.77. The molecule has 0 atom stereocenters. The minimum Gasteiger partial charge on any atom is -0.494 e. The van der Waals surface area contributed by atoms with Gasteiger partial charge in [-0.25, -0.2) is 4.99 Å². The Morgan fingerprint density at radius 2 is 2.16 bits per heavy atom. The van der Waals surface area contributed by atoms with Gasteiger partial charge in [0.1, 0.15) is 11.5 Å². The summed E-state index contributed by atoms with van der Waals surface area (Å²) in [5.41, 5.74) is 2.22. The first kappa shape index (κ1) is 11.9. The molecule has 3 rings (SSSR count). The first-order chi connectivity index (χ1) is 9.06. The number of para-hydroxylation sites is 1. The Kier molecular flexibility index (Phi) is 2.64. The van der Waals surface area contributed by atoms with E-state index in [9.17, 15) is 10.2 Å². The number of benzene rings is 1. The number of amidine groups is 1. The zero-order chi connectivity index (χ0) is 13.6. The van der Waals surface area contributed by atoms with Gasteiger partial charge >= 0.3 is 0 Å². The van der Waals surface area contributed by atoms with Crippen molar-refractivity contribution >= 4 is 28.8 Å². The van der Waals surface area contributed by atoms with E-state index < -0.39 is 0 Å². The molecule has 0 amide bonds. The molecule has 2 aromatic rings. The molecule has 0 unspecified atom stereocenters. The summed E-state index contributed by atoms with van der Waals surface area (Å²) in [5, 5.41) is 19.8.